The second-order valence-electron chi connectivity index (χ2n) is 8.16. The SMILES string of the molecule is CSCC[C@@H](C(=O)N1CCN(S(=O)(=O)c2ccccc2C#N)CC1)N1C(=O)c2ccccc2C1=O. The van der Waals surface area contributed by atoms with E-state index in [1.165, 1.54) is 33.1 Å². The van der Waals surface area contributed by atoms with Gasteiger partial charge >= 0.3 is 0 Å². The molecule has 1 saturated heterocycles. The topological polar surface area (TPSA) is 119 Å². The van der Waals surface area contributed by atoms with Crippen molar-refractivity contribution < 1.29 is 22.8 Å². The molecular formula is C24H24N4O5S2. The highest BCUT2D eigenvalue weighted by Gasteiger charge is 2.44. The van der Waals surface area contributed by atoms with Gasteiger partial charge in [0.25, 0.3) is 11.8 Å². The molecule has 3 amide bonds. The van der Waals surface area contributed by atoms with Crippen LogP contribution in [0.5, 0.6) is 0 Å². The Bertz CT molecular complexity index is 1280. The third-order valence-corrected chi connectivity index (χ3v) is 8.79. The number of nitriles is 1. The van der Waals surface area contributed by atoms with E-state index in [9.17, 15) is 28.1 Å². The van der Waals surface area contributed by atoms with E-state index in [1.54, 1.807) is 36.4 Å². The van der Waals surface area contributed by atoms with Crippen molar-refractivity contribution in [3.8, 4) is 6.07 Å². The third kappa shape index (κ3) is 4.57. The van der Waals surface area contributed by atoms with Crippen molar-refractivity contribution in [2.75, 3.05) is 38.2 Å². The number of carbonyl (C=O) groups excluding carboxylic acids is 3. The van der Waals surface area contributed by atoms with Gasteiger partial charge in [0.15, 0.2) is 0 Å². The number of rotatable bonds is 7. The van der Waals surface area contributed by atoms with Gasteiger partial charge in [-0.25, -0.2) is 8.42 Å². The van der Waals surface area contributed by atoms with Crippen LogP contribution in [0.4, 0.5) is 0 Å². The molecule has 2 heterocycles. The van der Waals surface area contributed by atoms with Crippen LogP contribution >= 0.6 is 11.8 Å². The molecule has 11 heteroatoms. The predicted octanol–water partition coefficient (Wildman–Crippen LogP) is 1.81. The van der Waals surface area contributed by atoms with Crippen LogP contribution in [0.3, 0.4) is 0 Å². The lowest BCUT2D eigenvalue weighted by molar-refractivity contribution is -0.136. The first-order valence-corrected chi connectivity index (χ1v) is 13.9. The molecule has 35 heavy (non-hydrogen) atoms. The van der Waals surface area contributed by atoms with Crippen molar-refractivity contribution in [3.05, 3.63) is 65.2 Å². The third-order valence-electron chi connectivity index (χ3n) is 6.19. The number of amides is 3. The number of carbonyl (C=O) groups is 3. The van der Waals surface area contributed by atoms with E-state index in [-0.39, 0.29) is 53.7 Å². The molecule has 2 aliphatic heterocycles. The van der Waals surface area contributed by atoms with E-state index in [0.29, 0.717) is 12.2 Å². The first kappa shape index (κ1) is 24.9. The fourth-order valence-corrected chi connectivity index (χ4v) is 6.39. The van der Waals surface area contributed by atoms with Gasteiger partial charge in [-0.2, -0.15) is 21.3 Å². The number of thioether (sulfide) groups is 1. The van der Waals surface area contributed by atoms with Crippen LogP contribution in [0.25, 0.3) is 0 Å². The van der Waals surface area contributed by atoms with Crippen LogP contribution in [0.1, 0.15) is 32.7 Å². The summed E-state index contributed by atoms with van der Waals surface area (Å²) in [5, 5.41) is 9.29. The minimum Gasteiger partial charge on any atom is -0.338 e. The summed E-state index contributed by atoms with van der Waals surface area (Å²) in [6, 6.07) is 13.5. The summed E-state index contributed by atoms with van der Waals surface area (Å²) in [6.45, 7) is 0.327. The largest absolute Gasteiger partial charge is 0.338 e. The van der Waals surface area contributed by atoms with Crippen molar-refractivity contribution >= 4 is 39.5 Å². The number of fused-ring (bicyclic) bond motifs is 1. The molecule has 2 aromatic carbocycles. The van der Waals surface area contributed by atoms with Gasteiger partial charge < -0.3 is 4.90 Å². The minimum absolute atomic E-state index is 0.0468. The molecule has 0 bridgehead atoms. The Hall–Kier alpha value is -3.20. The maximum absolute atomic E-state index is 13.5. The zero-order valence-corrected chi connectivity index (χ0v) is 20.7. The Kier molecular flexibility index (Phi) is 7.25. The molecule has 182 valence electrons. The molecule has 0 aliphatic carbocycles. The number of piperazine rings is 1. The van der Waals surface area contributed by atoms with Gasteiger partial charge in [-0.15, -0.1) is 0 Å². The zero-order chi connectivity index (χ0) is 25.2. The number of imide groups is 1. The molecule has 0 spiro atoms. The fraction of sp³-hybridized carbons (Fsp3) is 0.333. The van der Waals surface area contributed by atoms with Crippen LogP contribution in [0.15, 0.2) is 53.4 Å². The molecule has 9 nitrogen and oxygen atoms in total. The normalized spacial score (nSPS) is 17.3. The van der Waals surface area contributed by atoms with Gasteiger partial charge in [-0.3, -0.25) is 19.3 Å². The fourth-order valence-electron chi connectivity index (χ4n) is 4.37. The predicted molar refractivity (Wildman–Crippen MR) is 130 cm³/mol. The molecule has 0 N–H and O–H groups in total. The smallest absolute Gasteiger partial charge is 0.262 e. The number of sulfonamides is 1. The maximum atomic E-state index is 13.5. The number of hydrogen-bond acceptors (Lipinski definition) is 7. The highest BCUT2D eigenvalue weighted by atomic mass is 32.2. The van der Waals surface area contributed by atoms with Gasteiger partial charge in [0.2, 0.25) is 15.9 Å². The van der Waals surface area contributed by atoms with Crippen LogP contribution in [-0.2, 0) is 14.8 Å². The summed E-state index contributed by atoms with van der Waals surface area (Å²) >= 11 is 1.51. The van der Waals surface area contributed by atoms with Crippen molar-refractivity contribution in [1.29, 1.82) is 5.26 Å². The second-order valence-corrected chi connectivity index (χ2v) is 11.1. The number of benzene rings is 2. The van der Waals surface area contributed by atoms with Crippen molar-refractivity contribution in [3.63, 3.8) is 0 Å². The molecule has 0 aromatic heterocycles. The van der Waals surface area contributed by atoms with E-state index >= 15 is 0 Å². The number of nitrogens with zero attached hydrogens (tertiary/aromatic N) is 4. The van der Waals surface area contributed by atoms with Gasteiger partial charge in [-0.05, 0) is 42.7 Å². The summed E-state index contributed by atoms with van der Waals surface area (Å²) in [7, 11) is -3.91. The average molecular weight is 513 g/mol. The van der Waals surface area contributed by atoms with E-state index < -0.39 is 27.9 Å². The summed E-state index contributed by atoms with van der Waals surface area (Å²) < 4.78 is 27.5. The first-order chi connectivity index (χ1) is 16.8. The van der Waals surface area contributed by atoms with Gasteiger partial charge in [0, 0.05) is 26.2 Å². The highest BCUT2D eigenvalue weighted by Crippen LogP contribution is 2.28. The van der Waals surface area contributed by atoms with Crippen LogP contribution < -0.4 is 0 Å². The molecule has 0 radical (unpaired) electrons. The first-order valence-electron chi connectivity index (χ1n) is 11.0. The Morgan fingerprint density at radius 1 is 1.00 bits per heavy atom. The molecule has 0 unspecified atom stereocenters. The maximum Gasteiger partial charge on any atom is 0.262 e. The summed E-state index contributed by atoms with van der Waals surface area (Å²) in [4.78, 5) is 42.0. The monoisotopic (exact) mass is 512 g/mol. The van der Waals surface area contributed by atoms with Gasteiger partial charge in [-0.1, -0.05) is 24.3 Å². The molecular weight excluding hydrogens is 488 g/mol. The van der Waals surface area contributed by atoms with Crippen LogP contribution in [0, 0.1) is 11.3 Å². The van der Waals surface area contributed by atoms with E-state index in [4.69, 9.17) is 0 Å². The van der Waals surface area contributed by atoms with Crippen molar-refractivity contribution in [2.45, 2.75) is 17.4 Å². The highest BCUT2D eigenvalue weighted by molar-refractivity contribution is 7.98. The van der Waals surface area contributed by atoms with Gasteiger partial charge in [0.05, 0.1) is 21.6 Å². The lowest BCUT2D eigenvalue weighted by Crippen LogP contribution is -2.56. The summed E-state index contributed by atoms with van der Waals surface area (Å²) in [5.74, 6) is -0.773. The van der Waals surface area contributed by atoms with E-state index in [0.717, 1.165) is 4.90 Å². The molecule has 4 rings (SSSR count). The molecule has 1 fully saturated rings. The van der Waals surface area contributed by atoms with Crippen molar-refractivity contribution in [1.82, 2.24) is 14.1 Å². The standard InChI is InChI=1S/C24H24N4O5S2/c1-34-15-10-20(28-22(29)18-7-3-4-8-19(18)23(28)30)24(31)26-11-13-27(14-12-26)35(32,33)21-9-5-2-6-17(21)16-25/h2-9,20H,10-15H2,1H3/t20-/m0/s1. The minimum atomic E-state index is -3.91. The van der Waals surface area contributed by atoms with Gasteiger partial charge in [0.1, 0.15) is 12.1 Å². The molecule has 2 aromatic rings. The van der Waals surface area contributed by atoms with Crippen LogP contribution in [0.2, 0.25) is 0 Å². The lowest BCUT2D eigenvalue weighted by Gasteiger charge is -2.37. The summed E-state index contributed by atoms with van der Waals surface area (Å²) in [6.07, 6.45) is 2.19. The van der Waals surface area contributed by atoms with E-state index in [2.05, 4.69) is 0 Å². The Morgan fingerprint density at radius 3 is 2.14 bits per heavy atom. The molecule has 1 atom stereocenters. The summed E-state index contributed by atoms with van der Waals surface area (Å²) in [5.41, 5.74) is 0.631. The second kappa shape index (κ2) is 10.2. The Balaban J connectivity index is 1.51. The van der Waals surface area contributed by atoms with E-state index in [1.807, 2.05) is 12.3 Å². The lowest BCUT2D eigenvalue weighted by atomic mass is 10.1. The Labute approximate surface area is 208 Å². The zero-order valence-electron chi connectivity index (χ0n) is 19.1. The molecule has 0 saturated carbocycles. The molecule has 2 aliphatic rings. The van der Waals surface area contributed by atoms with Crippen molar-refractivity contribution in [2.24, 2.45) is 0 Å². The quantitative estimate of drug-likeness (QED) is 0.519. The Morgan fingerprint density at radius 2 is 1.57 bits per heavy atom. The van der Waals surface area contributed by atoms with Crippen LogP contribution in [-0.4, -0.2) is 84.5 Å². The average Bonchev–Trinajstić information content (AvgIpc) is 3.14. The number of hydrogen-bond donors (Lipinski definition) is 0.